The summed E-state index contributed by atoms with van der Waals surface area (Å²) in [7, 11) is 0. The fourth-order valence-electron chi connectivity index (χ4n) is 4.03. The lowest BCUT2D eigenvalue weighted by atomic mass is 10.2. The molecule has 2 heterocycles. The molecule has 2 aliphatic heterocycles. The number of amides is 1. The zero-order valence-electron chi connectivity index (χ0n) is 15.9. The van der Waals surface area contributed by atoms with E-state index >= 15 is 0 Å². The highest BCUT2D eigenvalue weighted by Crippen LogP contribution is 2.33. The fraction of sp³-hybridized carbons (Fsp3) is 0.381. The molecule has 152 valence electrons. The van der Waals surface area contributed by atoms with Gasteiger partial charge in [0.1, 0.15) is 5.75 Å². The van der Waals surface area contributed by atoms with Crippen LogP contribution in [0.1, 0.15) is 29.6 Å². The highest BCUT2D eigenvalue weighted by Gasteiger charge is 2.31. The molecule has 2 saturated heterocycles. The van der Waals surface area contributed by atoms with Gasteiger partial charge in [0, 0.05) is 35.8 Å². The summed E-state index contributed by atoms with van der Waals surface area (Å²) in [6.45, 7) is 3.81. The van der Waals surface area contributed by atoms with Gasteiger partial charge in [-0.25, -0.2) is 0 Å². The van der Waals surface area contributed by atoms with Crippen LogP contribution in [0.5, 0.6) is 11.5 Å². The van der Waals surface area contributed by atoms with Crippen molar-refractivity contribution < 1.29 is 14.5 Å². The van der Waals surface area contributed by atoms with E-state index in [1.54, 1.807) is 24.3 Å². The number of hydrogen-bond acceptors (Lipinski definition) is 5. The van der Waals surface area contributed by atoms with Crippen LogP contribution in [-0.2, 0) is 0 Å². The first kappa shape index (κ1) is 19.7. The highest BCUT2D eigenvalue weighted by molar-refractivity contribution is 6.30. The molecule has 8 heteroatoms. The van der Waals surface area contributed by atoms with E-state index in [9.17, 15) is 14.9 Å². The SMILES string of the molecule is O=C(c1ccc(Oc2ccc(Cl)cc2[N+](=O)[O-])cc1)N1CCC(N2CCCC2)C1. The number of ether oxygens (including phenoxy) is 1. The van der Waals surface area contributed by atoms with Gasteiger partial charge in [0.15, 0.2) is 0 Å². The number of benzene rings is 2. The van der Waals surface area contributed by atoms with Crippen molar-refractivity contribution in [2.24, 2.45) is 0 Å². The van der Waals surface area contributed by atoms with E-state index in [4.69, 9.17) is 16.3 Å². The molecular weight excluding hydrogens is 394 g/mol. The van der Waals surface area contributed by atoms with Crippen LogP contribution in [0.25, 0.3) is 0 Å². The normalized spacial score (nSPS) is 19.5. The van der Waals surface area contributed by atoms with Crippen molar-refractivity contribution in [1.29, 1.82) is 0 Å². The molecule has 0 bridgehead atoms. The van der Waals surface area contributed by atoms with Gasteiger partial charge in [0.25, 0.3) is 5.91 Å². The lowest BCUT2D eigenvalue weighted by Gasteiger charge is -2.23. The molecular formula is C21H22ClN3O4. The Morgan fingerprint density at radius 3 is 2.52 bits per heavy atom. The number of carbonyl (C=O) groups excluding carboxylic acids is 1. The van der Waals surface area contributed by atoms with E-state index in [1.165, 1.54) is 31.0 Å². The van der Waals surface area contributed by atoms with Crippen molar-refractivity contribution in [3.8, 4) is 11.5 Å². The molecule has 2 fully saturated rings. The molecule has 1 amide bonds. The van der Waals surface area contributed by atoms with Crippen LogP contribution >= 0.6 is 11.6 Å². The average Bonchev–Trinajstić information content (AvgIpc) is 3.41. The van der Waals surface area contributed by atoms with E-state index < -0.39 is 4.92 Å². The molecule has 0 aromatic heterocycles. The monoisotopic (exact) mass is 415 g/mol. The van der Waals surface area contributed by atoms with E-state index in [0.717, 1.165) is 32.6 Å². The molecule has 1 atom stereocenters. The Hall–Kier alpha value is -2.64. The molecule has 0 N–H and O–H groups in total. The van der Waals surface area contributed by atoms with Gasteiger partial charge >= 0.3 is 5.69 Å². The van der Waals surface area contributed by atoms with E-state index in [-0.39, 0.29) is 22.4 Å². The molecule has 0 spiro atoms. The van der Waals surface area contributed by atoms with Crippen LogP contribution in [0.15, 0.2) is 42.5 Å². The maximum atomic E-state index is 12.8. The number of halogens is 1. The Morgan fingerprint density at radius 1 is 1.10 bits per heavy atom. The van der Waals surface area contributed by atoms with E-state index in [1.807, 2.05) is 4.90 Å². The molecule has 0 radical (unpaired) electrons. The van der Waals surface area contributed by atoms with Gasteiger partial charge in [0.05, 0.1) is 4.92 Å². The Balaban J connectivity index is 1.42. The van der Waals surface area contributed by atoms with Gasteiger partial charge in [0.2, 0.25) is 5.75 Å². The molecule has 2 aromatic rings. The summed E-state index contributed by atoms with van der Waals surface area (Å²) in [5.74, 6) is 0.533. The predicted molar refractivity (Wildman–Crippen MR) is 110 cm³/mol. The number of hydrogen-bond donors (Lipinski definition) is 0. The Morgan fingerprint density at radius 2 is 1.83 bits per heavy atom. The average molecular weight is 416 g/mol. The zero-order valence-corrected chi connectivity index (χ0v) is 16.7. The van der Waals surface area contributed by atoms with Gasteiger partial charge < -0.3 is 9.64 Å². The fourth-order valence-corrected chi connectivity index (χ4v) is 4.19. The zero-order chi connectivity index (χ0) is 20.4. The summed E-state index contributed by atoms with van der Waals surface area (Å²) < 4.78 is 5.64. The van der Waals surface area contributed by atoms with Crippen LogP contribution in [-0.4, -0.2) is 52.9 Å². The van der Waals surface area contributed by atoms with Crippen LogP contribution in [0.3, 0.4) is 0 Å². The smallest absolute Gasteiger partial charge is 0.313 e. The standard InChI is InChI=1S/C21H22ClN3O4/c22-16-5-8-20(19(13-16)25(27)28)29-18-6-3-15(4-7-18)21(26)24-12-9-17(14-24)23-10-1-2-11-23/h3-8,13,17H,1-2,9-12,14H2. The minimum absolute atomic E-state index is 0.00993. The first-order valence-corrected chi connectivity index (χ1v) is 10.1. The van der Waals surface area contributed by atoms with Crippen molar-refractivity contribution in [1.82, 2.24) is 9.80 Å². The second kappa shape index (κ2) is 8.39. The summed E-state index contributed by atoms with van der Waals surface area (Å²) in [5, 5.41) is 11.5. The summed E-state index contributed by atoms with van der Waals surface area (Å²) in [6.07, 6.45) is 3.52. The Labute approximate surface area is 174 Å². The molecule has 7 nitrogen and oxygen atoms in total. The van der Waals surface area contributed by atoms with Crippen molar-refractivity contribution in [2.75, 3.05) is 26.2 Å². The Kier molecular flexibility index (Phi) is 5.69. The molecule has 29 heavy (non-hydrogen) atoms. The maximum absolute atomic E-state index is 12.8. The van der Waals surface area contributed by atoms with Crippen LogP contribution in [0.4, 0.5) is 5.69 Å². The van der Waals surface area contributed by atoms with Crippen molar-refractivity contribution in [3.63, 3.8) is 0 Å². The summed E-state index contributed by atoms with van der Waals surface area (Å²) >= 11 is 5.83. The van der Waals surface area contributed by atoms with Gasteiger partial charge in [-0.3, -0.25) is 19.8 Å². The van der Waals surface area contributed by atoms with Crippen LogP contribution in [0.2, 0.25) is 5.02 Å². The third kappa shape index (κ3) is 4.36. The number of carbonyl (C=O) groups is 1. The summed E-state index contributed by atoms with van der Waals surface area (Å²) in [5.41, 5.74) is 0.382. The largest absolute Gasteiger partial charge is 0.450 e. The molecule has 0 saturated carbocycles. The van der Waals surface area contributed by atoms with Gasteiger partial charge in [-0.2, -0.15) is 0 Å². The van der Waals surface area contributed by atoms with Gasteiger partial charge in [-0.1, -0.05) is 11.6 Å². The van der Waals surface area contributed by atoms with Gasteiger partial charge in [-0.15, -0.1) is 0 Å². The van der Waals surface area contributed by atoms with E-state index in [0.29, 0.717) is 17.4 Å². The first-order valence-electron chi connectivity index (χ1n) is 9.76. The number of nitro groups is 1. The quantitative estimate of drug-likeness (QED) is 0.536. The lowest BCUT2D eigenvalue weighted by molar-refractivity contribution is -0.385. The van der Waals surface area contributed by atoms with Crippen molar-refractivity contribution in [2.45, 2.75) is 25.3 Å². The molecule has 0 aliphatic carbocycles. The summed E-state index contributed by atoms with van der Waals surface area (Å²) in [4.78, 5) is 27.9. The number of likely N-dealkylation sites (tertiary alicyclic amines) is 2. The molecule has 2 aliphatic rings. The second-order valence-electron chi connectivity index (χ2n) is 7.43. The third-order valence-electron chi connectivity index (χ3n) is 5.55. The number of rotatable bonds is 5. The van der Waals surface area contributed by atoms with Crippen molar-refractivity contribution >= 4 is 23.2 Å². The Bertz CT molecular complexity index is 913. The second-order valence-corrected chi connectivity index (χ2v) is 7.87. The van der Waals surface area contributed by atoms with Gasteiger partial charge in [-0.05, 0) is 68.8 Å². The minimum Gasteiger partial charge on any atom is -0.450 e. The topological polar surface area (TPSA) is 75.9 Å². The van der Waals surface area contributed by atoms with E-state index in [2.05, 4.69) is 4.90 Å². The minimum atomic E-state index is -0.538. The van der Waals surface area contributed by atoms with Crippen LogP contribution < -0.4 is 4.74 Å². The molecule has 1 unspecified atom stereocenters. The number of nitro benzene ring substituents is 1. The predicted octanol–water partition coefficient (Wildman–Crippen LogP) is 4.35. The number of nitrogens with zero attached hydrogens (tertiary/aromatic N) is 3. The molecule has 4 rings (SSSR count). The summed E-state index contributed by atoms with van der Waals surface area (Å²) in [6, 6.07) is 11.4. The maximum Gasteiger partial charge on any atom is 0.313 e. The first-order chi connectivity index (χ1) is 14.0. The third-order valence-corrected chi connectivity index (χ3v) is 5.79. The van der Waals surface area contributed by atoms with Crippen LogP contribution in [0, 0.1) is 10.1 Å². The lowest BCUT2D eigenvalue weighted by Crippen LogP contribution is -2.37. The molecule has 2 aromatic carbocycles. The van der Waals surface area contributed by atoms with Crippen molar-refractivity contribution in [3.05, 3.63) is 63.2 Å². The highest BCUT2D eigenvalue weighted by atomic mass is 35.5.